The molecule has 4 heteroatoms. The number of fused-ring (bicyclic) bond motifs is 1. The first-order valence-electron chi connectivity index (χ1n) is 6.37. The van der Waals surface area contributed by atoms with Crippen LogP contribution in [0.5, 0.6) is 0 Å². The lowest BCUT2D eigenvalue weighted by atomic mass is 10.1. The molecule has 1 unspecified atom stereocenters. The molecule has 100 valence electrons. The Balaban J connectivity index is 2.26. The molecule has 2 aromatic rings. The minimum absolute atomic E-state index is 0.0424. The van der Waals surface area contributed by atoms with E-state index in [1.807, 2.05) is 24.3 Å². The standard InChI is InChI=1S/C15H18N2O2/c1-11(18)8-10-17(2)15(19)13-7-9-16-14-6-4-3-5-12(13)14/h3-7,9,11,18H,8,10H2,1-2H3. The molecule has 2 rings (SSSR count). The van der Waals surface area contributed by atoms with Crippen LogP contribution in [0, 0.1) is 0 Å². The van der Waals surface area contributed by atoms with Gasteiger partial charge in [0.25, 0.3) is 5.91 Å². The van der Waals surface area contributed by atoms with Crippen molar-refractivity contribution in [2.24, 2.45) is 0 Å². The monoisotopic (exact) mass is 258 g/mol. The average Bonchev–Trinajstić information content (AvgIpc) is 2.43. The summed E-state index contributed by atoms with van der Waals surface area (Å²) < 4.78 is 0. The van der Waals surface area contributed by atoms with Crippen molar-refractivity contribution in [3.05, 3.63) is 42.1 Å². The number of amides is 1. The maximum absolute atomic E-state index is 12.4. The summed E-state index contributed by atoms with van der Waals surface area (Å²) in [6.45, 7) is 2.26. The van der Waals surface area contributed by atoms with Gasteiger partial charge in [-0.15, -0.1) is 0 Å². The molecular formula is C15H18N2O2. The minimum atomic E-state index is -0.399. The summed E-state index contributed by atoms with van der Waals surface area (Å²) in [4.78, 5) is 18.3. The normalized spacial score (nSPS) is 12.4. The molecular weight excluding hydrogens is 240 g/mol. The van der Waals surface area contributed by atoms with Gasteiger partial charge in [0.05, 0.1) is 17.2 Å². The van der Waals surface area contributed by atoms with E-state index in [9.17, 15) is 9.90 Å². The number of aromatic nitrogens is 1. The van der Waals surface area contributed by atoms with Crippen molar-refractivity contribution >= 4 is 16.8 Å². The lowest BCUT2D eigenvalue weighted by Crippen LogP contribution is -2.29. The average molecular weight is 258 g/mol. The van der Waals surface area contributed by atoms with Crippen molar-refractivity contribution in [3.63, 3.8) is 0 Å². The highest BCUT2D eigenvalue weighted by Gasteiger charge is 2.15. The summed E-state index contributed by atoms with van der Waals surface area (Å²) in [5, 5.41) is 10.1. The molecule has 0 saturated carbocycles. The van der Waals surface area contributed by atoms with Crippen molar-refractivity contribution in [1.29, 1.82) is 0 Å². The SMILES string of the molecule is CC(O)CCN(C)C(=O)c1ccnc2ccccc12. The first kappa shape index (κ1) is 13.5. The zero-order chi connectivity index (χ0) is 13.8. The van der Waals surface area contributed by atoms with Gasteiger partial charge in [0.1, 0.15) is 0 Å². The van der Waals surface area contributed by atoms with E-state index < -0.39 is 6.10 Å². The molecule has 1 amide bonds. The molecule has 1 atom stereocenters. The molecule has 0 fully saturated rings. The van der Waals surface area contributed by atoms with Crippen LogP contribution in [0.2, 0.25) is 0 Å². The molecule has 1 aromatic heterocycles. The molecule has 19 heavy (non-hydrogen) atoms. The van der Waals surface area contributed by atoms with Crippen LogP contribution in [0.1, 0.15) is 23.7 Å². The van der Waals surface area contributed by atoms with Gasteiger partial charge >= 0.3 is 0 Å². The summed E-state index contributed by atoms with van der Waals surface area (Å²) in [6, 6.07) is 9.33. The number of rotatable bonds is 4. The van der Waals surface area contributed by atoms with Gasteiger partial charge in [0.15, 0.2) is 0 Å². The molecule has 0 aliphatic carbocycles. The first-order valence-corrected chi connectivity index (χ1v) is 6.37. The topological polar surface area (TPSA) is 53.4 Å². The Labute approximate surface area is 112 Å². The number of pyridine rings is 1. The lowest BCUT2D eigenvalue weighted by molar-refractivity contribution is 0.0771. The number of hydrogen-bond acceptors (Lipinski definition) is 3. The fourth-order valence-electron chi connectivity index (χ4n) is 1.97. The molecule has 0 radical (unpaired) electrons. The van der Waals surface area contributed by atoms with Crippen LogP contribution in [0.25, 0.3) is 10.9 Å². The Morgan fingerprint density at radius 1 is 1.37 bits per heavy atom. The molecule has 0 aliphatic heterocycles. The lowest BCUT2D eigenvalue weighted by Gasteiger charge is -2.18. The summed E-state index contributed by atoms with van der Waals surface area (Å²) in [6.07, 6.45) is 1.83. The molecule has 0 saturated heterocycles. The Bertz CT molecular complexity index is 576. The van der Waals surface area contributed by atoms with Crippen LogP contribution >= 0.6 is 0 Å². The van der Waals surface area contributed by atoms with E-state index in [0.29, 0.717) is 18.5 Å². The van der Waals surface area contributed by atoms with Gasteiger partial charge in [-0.25, -0.2) is 0 Å². The van der Waals surface area contributed by atoms with Gasteiger partial charge in [-0.05, 0) is 25.5 Å². The molecule has 0 spiro atoms. The van der Waals surface area contributed by atoms with Crippen LogP contribution in [-0.4, -0.2) is 40.6 Å². The first-order chi connectivity index (χ1) is 9.09. The zero-order valence-electron chi connectivity index (χ0n) is 11.2. The van der Waals surface area contributed by atoms with Crippen LogP contribution in [0.15, 0.2) is 36.5 Å². The van der Waals surface area contributed by atoms with E-state index in [2.05, 4.69) is 4.98 Å². The second kappa shape index (κ2) is 5.80. The highest BCUT2D eigenvalue weighted by Crippen LogP contribution is 2.17. The molecule has 1 N–H and O–H groups in total. The van der Waals surface area contributed by atoms with Crippen molar-refractivity contribution < 1.29 is 9.90 Å². The Morgan fingerprint density at radius 2 is 2.11 bits per heavy atom. The number of carbonyl (C=O) groups excluding carboxylic acids is 1. The van der Waals surface area contributed by atoms with Gasteiger partial charge < -0.3 is 10.0 Å². The number of aliphatic hydroxyl groups excluding tert-OH is 1. The largest absolute Gasteiger partial charge is 0.393 e. The van der Waals surface area contributed by atoms with E-state index in [-0.39, 0.29) is 5.91 Å². The fraction of sp³-hybridized carbons (Fsp3) is 0.333. The van der Waals surface area contributed by atoms with Gasteiger partial charge in [-0.1, -0.05) is 18.2 Å². The Hall–Kier alpha value is -1.94. The third kappa shape index (κ3) is 3.09. The predicted octanol–water partition coefficient (Wildman–Crippen LogP) is 2.08. The van der Waals surface area contributed by atoms with Crippen LogP contribution < -0.4 is 0 Å². The third-order valence-corrected chi connectivity index (χ3v) is 3.11. The molecule has 1 aromatic carbocycles. The summed E-state index contributed by atoms with van der Waals surface area (Å²) in [5.74, 6) is -0.0424. The molecule has 0 bridgehead atoms. The van der Waals surface area contributed by atoms with Gasteiger partial charge in [0, 0.05) is 25.2 Å². The van der Waals surface area contributed by atoms with Crippen molar-refractivity contribution in [1.82, 2.24) is 9.88 Å². The van der Waals surface area contributed by atoms with Crippen molar-refractivity contribution in [2.45, 2.75) is 19.4 Å². The minimum Gasteiger partial charge on any atom is -0.393 e. The number of benzene rings is 1. The maximum Gasteiger partial charge on any atom is 0.254 e. The van der Waals surface area contributed by atoms with Crippen molar-refractivity contribution in [3.8, 4) is 0 Å². The zero-order valence-corrected chi connectivity index (χ0v) is 11.2. The van der Waals surface area contributed by atoms with Crippen molar-refractivity contribution in [2.75, 3.05) is 13.6 Å². The summed E-state index contributed by atoms with van der Waals surface area (Å²) in [7, 11) is 1.75. The quantitative estimate of drug-likeness (QED) is 0.913. The summed E-state index contributed by atoms with van der Waals surface area (Å²) in [5.41, 5.74) is 1.47. The van der Waals surface area contributed by atoms with E-state index in [1.54, 1.807) is 31.1 Å². The number of hydrogen-bond donors (Lipinski definition) is 1. The van der Waals surface area contributed by atoms with Gasteiger partial charge in [-0.2, -0.15) is 0 Å². The number of para-hydroxylation sites is 1. The molecule has 1 heterocycles. The molecule has 0 aliphatic rings. The Morgan fingerprint density at radius 3 is 2.84 bits per heavy atom. The summed E-state index contributed by atoms with van der Waals surface area (Å²) >= 11 is 0. The number of carbonyl (C=O) groups is 1. The second-order valence-electron chi connectivity index (χ2n) is 4.74. The van der Waals surface area contributed by atoms with Crippen LogP contribution in [-0.2, 0) is 0 Å². The smallest absolute Gasteiger partial charge is 0.254 e. The Kier molecular flexibility index (Phi) is 4.12. The fourth-order valence-corrected chi connectivity index (χ4v) is 1.97. The van der Waals surface area contributed by atoms with E-state index >= 15 is 0 Å². The van der Waals surface area contributed by atoms with Crippen LogP contribution in [0.3, 0.4) is 0 Å². The van der Waals surface area contributed by atoms with E-state index in [1.165, 1.54) is 0 Å². The number of nitrogens with zero attached hydrogens (tertiary/aromatic N) is 2. The predicted molar refractivity (Wildman–Crippen MR) is 75.0 cm³/mol. The van der Waals surface area contributed by atoms with Gasteiger partial charge in [-0.3, -0.25) is 9.78 Å². The maximum atomic E-state index is 12.4. The van der Waals surface area contributed by atoms with E-state index in [4.69, 9.17) is 0 Å². The van der Waals surface area contributed by atoms with Gasteiger partial charge in [0.2, 0.25) is 0 Å². The second-order valence-corrected chi connectivity index (χ2v) is 4.74. The number of aliphatic hydroxyl groups is 1. The molecule has 4 nitrogen and oxygen atoms in total. The third-order valence-electron chi connectivity index (χ3n) is 3.11. The highest BCUT2D eigenvalue weighted by atomic mass is 16.3. The highest BCUT2D eigenvalue weighted by molar-refractivity contribution is 6.05. The van der Waals surface area contributed by atoms with Crippen LogP contribution in [0.4, 0.5) is 0 Å². The van der Waals surface area contributed by atoms with E-state index in [0.717, 1.165) is 10.9 Å².